The molecule has 0 saturated carbocycles. The minimum Gasteiger partial charge on any atom is -0.397 e. The predicted octanol–water partition coefficient (Wildman–Crippen LogP) is 3.71. The first kappa shape index (κ1) is 14.8. The van der Waals surface area contributed by atoms with Crippen LogP contribution in [0.3, 0.4) is 0 Å². The van der Waals surface area contributed by atoms with E-state index in [2.05, 4.69) is 10.1 Å². The second-order valence-electron chi connectivity index (χ2n) is 5.64. The summed E-state index contributed by atoms with van der Waals surface area (Å²) < 4.78 is 10.7. The molecule has 0 radical (unpaired) electrons. The Labute approximate surface area is 123 Å². The average Bonchev–Trinajstić information content (AvgIpc) is 2.81. The van der Waals surface area contributed by atoms with Crippen LogP contribution in [0.5, 0.6) is 0 Å². The van der Waals surface area contributed by atoms with Gasteiger partial charge in [-0.15, -0.1) is 0 Å². The molecule has 2 rings (SSSR count). The summed E-state index contributed by atoms with van der Waals surface area (Å²) in [5, 5.41) is 4.45. The first-order valence-corrected chi connectivity index (χ1v) is 6.63. The van der Waals surface area contributed by atoms with E-state index < -0.39 is 0 Å². The first-order chi connectivity index (χ1) is 9.34. The first-order valence-electron chi connectivity index (χ1n) is 6.25. The molecule has 0 aliphatic rings. The number of hydrogen-bond acceptors (Lipinski definition) is 5. The summed E-state index contributed by atoms with van der Waals surface area (Å²) in [6.45, 7) is 6.14. The number of anilines is 1. The van der Waals surface area contributed by atoms with E-state index in [0.717, 1.165) is 0 Å². The van der Waals surface area contributed by atoms with Crippen molar-refractivity contribution in [3.8, 4) is 11.5 Å². The van der Waals surface area contributed by atoms with Crippen molar-refractivity contribution in [3.05, 3.63) is 29.0 Å². The zero-order valence-corrected chi connectivity index (χ0v) is 12.7. The fourth-order valence-corrected chi connectivity index (χ4v) is 2.20. The molecule has 1 atom stereocenters. The second kappa shape index (κ2) is 5.42. The highest BCUT2D eigenvalue weighted by Gasteiger charge is 2.31. The Kier molecular flexibility index (Phi) is 4.01. The molecule has 0 fully saturated rings. The van der Waals surface area contributed by atoms with Gasteiger partial charge < -0.3 is 15.0 Å². The third kappa shape index (κ3) is 2.78. The fourth-order valence-electron chi connectivity index (χ4n) is 2.02. The topological polar surface area (TPSA) is 74.2 Å². The molecule has 6 heteroatoms. The predicted molar refractivity (Wildman–Crippen MR) is 78.4 cm³/mol. The molecule has 1 aromatic heterocycles. The Morgan fingerprint density at radius 1 is 1.35 bits per heavy atom. The summed E-state index contributed by atoms with van der Waals surface area (Å²) in [4.78, 5) is 4.38. The van der Waals surface area contributed by atoms with Gasteiger partial charge in [0.1, 0.15) is 6.10 Å². The highest BCUT2D eigenvalue weighted by atomic mass is 35.5. The number of nitrogens with two attached hydrogens (primary N) is 1. The Morgan fingerprint density at radius 3 is 2.65 bits per heavy atom. The maximum Gasteiger partial charge on any atom is 0.260 e. The molecule has 0 bridgehead atoms. The van der Waals surface area contributed by atoms with Crippen molar-refractivity contribution in [2.45, 2.75) is 26.9 Å². The van der Waals surface area contributed by atoms with Crippen molar-refractivity contribution in [3.63, 3.8) is 0 Å². The molecule has 0 amide bonds. The number of aromatic nitrogens is 2. The number of benzene rings is 1. The number of hydrogen-bond donors (Lipinski definition) is 1. The van der Waals surface area contributed by atoms with Gasteiger partial charge in [0.25, 0.3) is 5.89 Å². The second-order valence-corrected chi connectivity index (χ2v) is 6.05. The van der Waals surface area contributed by atoms with Gasteiger partial charge >= 0.3 is 0 Å². The molecule has 108 valence electrons. The third-order valence-electron chi connectivity index (χ3n) is 2.98. The lowest BCUT2D eigenvalue weighted by atomic mass is 9.88. The number of rotatable bonds is 3. The van der Waals surface area contributed by atoms with E-state index >= 15 is 0 Å². The largest absolute Gasteiger partial charge is 0.397 e. The zero-order chi connectivity index (χ0) is 14.9. The number of halogens is 1. The van der Waals surface area contributed by atoms with Gasteiger partial charge in [-0.2, -0.15) is 4.98 Å². The van der Waals surface area contributed by atoms with Gasteiger partial charge in [0, 0.05) is 7.11 Å². The van der Waals surface area contributed by atoms with Crippen molar-refractivity contribution in [1.29, 1.82) is 0 Å². The van der Waals surface area contributed by atoms with Gasteiger partial charge in [0.05, 0.1) is 16.3 Å². The third-order valence-corrected chi connectivity index (χ3v) is 3.31. The van der Waals surface area contributed by atoms with Crippen molar-refractivity contribution >= 4 is 17.3 Å². The van der Waals surface area contributed by atoms with Crippen LogP contribution in [-0.4, -0.2) is 17.3 Å². The van der Waals surface area contributed by atoms with Crippen LogP contribution in [-0.2, 0) is 4.74 Å². The summed E-state index contributed by atoms with van der Waals surface area (Å²) in [7, 11) is 1.62. The van der Waals surface area contributed by atoms with Crippen LogP contribution in [0, 0.1) is 5.41 Å². The minimum absolute atomic E-state index is 0.143. The maximum absolute atomic E-state index is 5.99. The Hall–Kier alpha value is -1.59. The molecule has 5 nitrogen and oxygen atoms in total. The van der Waals surface area contributed by atoms with Crippen LogP contribution in [0.4, 0.5) is 5.69 Å². The average molecular weight is 296 g/mol. The van der Waals surface area contributed by atoms with Crippen LogP contribution >= 0.6 is 11.6 Å². The Balaban J connectivity index is 2.41. The zero-order valence-electron chi connectivity index (χ0n) is 12.0. The van der Waals surface area contributed by atoms with E-state index in [0.29, 0.717) is 28.0 Å². The number of nitrogens with zero attached hydrogens (tertiary/aromatic N) is 2. The molecule has 2 N–H and O–H groups in total. The molecule has 0 aliphatic carbocycles. The molecular weight excluding hydrogens is 278 g/mol. The summed E-state index contributed by atoms with van der Waals surface area (Å²) >= 11 is 5.99. The fraction of sp³-hybridized carbons (Fsp3) is 0.429. The number of nitrogen functional groups attached to an aromatic ring is 1. The maximum atomic E-state index is 5.99. The molecular formula is C14H18ClN3O2. The normalized spacial score (nSPS) is 13.4. The monoisotopic (exact) mass is 295 g/mol. The molecule has 1 aromatic carbocycles. The number of ether oxygens (including phenoxy) is 1. The number of para-hydroxylation sites is 1. The van der Waals surface area contributed by atoms with E-state index in [1.54, 1.807) is 25.3 Å². The van der Waals surface area contributed by atoms with Crippen molar-refractivity contribution in [2.75, 3.05) is 12.8 Å². The molecule has 20 heavy (non-hydrogen) atoms. The minimum atomic E-state index is -0.264. The van der Waals surface area contributed by atoms with Gasteiger partial charge in [-0.3, -0.25) is 0 Å². The van der Waals surface area contributed by atoms with Crippen LogP contribution in [0.1, 0.15) is 32.7 Å². The van der Waals surface area contributed by atoms with Crippen molar-refractivity contribution in [2.24, 2.45) is 5.41 Å². The highest BCUT2D eigenvalue weighted by Crippen LogP contribution is 2.36. The van der Waals surface area contributed by atoms with E-state index in [1.807, 2.05) is 20.8 Å². The van der Waals surface area contributed by atoms with Gasteiger partial charge in [-0.05, 0) is 17.5 Å². The van der Waals surface area contributed by atoms with Crippen molar-refractivity contribution in [1.82, 2.24) is 10.1 Å². The summed E-state index contributed by atoms with van der Waals surface area (Å²) in [6, 6.07) is 5.29. The van der Waals surface area contributed by atoms with Gasteiger partial charge in [0.15, 0.2) is 0 Å². The lowest BCUT2D eigenvalue weighted by Crippen LogP contribution is -2.21. The SMILES string of the molecule is COC(c1noc(-c2cccc(Cl)c2N)n1)C(C)(C)C. The molecule has 0 spiro atoms. The summed E-state index contributed by atoms with van der Waals surface area (Å²) in [5.74, 6) is 0.834. The Bertz CT molecular complexity index is 605. The number of methoxy groups -OCH3 is 1. The summed E-state index contributed by atoms with van der Waals surface area (Å²) in [6.07, 6.45) is -0.264. The molecule has 0 saturated heterocycles. The van der Waals surface area contributed by atoms with Gasteiger partial charge in [-0.25, -0.2) is 0 Å². The molecule has 1 heterocycles. The lowest BCUT2D eigenvalue weighted by Gasteiger charge is -2.26. The van der Waals surface area contributed by atoms with E-state index in [-0.39, 0.29) is 11.5 Å². The Morgan fingerprint density at radius 2 is 2.05 bits per heavy atom. The molecule has 2 aromatic rings. The van der Waals surface area contributed by atoms with Crippen LogP contribution in [0.2, 0.25) is 5.02 Å². The van der Waals surface area contributed by atoms with Gasteiger partial charge in [0.2, 0.25) is 5.82 Å². The quantitative estimate of drug-likeness (QED) is 0.874. The van der Waals surface area contributed by atoms with E-state index in [1.165, 1.54) is 0 Å². The highest BCUT2D eigenvalue weighted by molar-refractivity contribution is 6.33. The standard InChI is InChI=1S/C14H18ClN3O2/c1-14(2,3)11(19-4)12-17-13(20-18-12)8-6-5-7-9(15)10(8)16/h5-7,11H,16H2,1-4H3. The smallest absolute Gasteiger partial charge is 0.260 e. The molecule has 0 aliphatic heterocycles. The van der Waals surface area contributed by atoms with E-state index in [9.17, 15) is 0 Å². The molecule has 1 unspecified atom stereocenters. The van der Waals surface area contributed by atoms with Crippen molar-refractivity contribution < 1.29 is 9.26 Å². The van der Waals surface area contributed by atoms with E-state index in [4.69, 9.17) is 26.6 Å². The van der Waals surface area contributed by atoms with Crippen LogP contribution in [0.15, 0.2) is 22.7 Å². The van der Waals surface area contributed by atoms with Gasteiger partial charge in [-0.1, -0.05) is 43.6 Å². The lowest BCUT2D eigenvalue weighted by molar-refractivity contribution is 0.00718. The van der Waals surface area contributed by atoms with Crippen LogP contribution in [0.25, 0.3) is 11.5 Å². The summed E-state index contributed by atoms with van der Waals surface area (Å²) in [5.41, 5.74) is 6.83. The van der Waals surface area contributed by atoms with Crippen LogP contribution < -0.4 is 5.73 Å².